The van der Waals surface area contributed by atoms with Gasteiger partial charge in [-0.15, -0.1) is 0 Å². The molecule has 0 aliphatic rings. The number of benzene rings is 2. The summed E-state index contributed by atoms with van der Waals surface area (Å²) in [4.78, 5) is 12.0. The topological polar surface area (TPSA) is 54.0 Å². The molecule has 0 saturated heterocycles. The summed E-state index contributed by atoms with van der Waals surface area (Å²) in [5.41, 5.74) is 1.68. The van der Waals surface area contributed by atoms with Crippen molar-refractivity contribution in [2.24, 2.45) is 0 Å². The lowest BCUT2D eigenvalue weighted by Crippen LogP contribution is -2.05. The summed E-state index contributed by atoms with van der Waals surface area (Å²) >= 11 is 0. The number of ether oxygens (including phenoxy) is 4. The number of esters is 1. The Morgan fingerprint density at radius 3 is 2.08 bits per heavy atom. The summed E-state index contributed by atoms with van der Waals surface area (Å²) in [5.74, 6) is 1.12. The quantitative estimate of drug-likeness (QED) is 0.562. The van der Waals surface area contributed by atoms with Crippen molar-refractivity contribution in [2.75, 3.05) is 21.3 Å². The number of hydrogen-bond donors (Lipinski definition) is 0. The number of methoxy groups -OCH3 is 3. The van der Waals surface area contributed by atoms with Crippen molar-refractivity contribution in [3.05, 3.63) is 59.7 Å². The zero-order chi connectivity index (χ0) is 18.2. The van der Waals surface area contributed by atoms with Gasteiger partial charge in [-0.1, -0.05) is 30.3 Å². The van der Waals surface area contributed by atoms with Crippen LogP contribution in [0, 0.1) is 0 Å². The molecule has 0 fully saturated rings. The van der Waals surface area contributed by atoms with Crippen LogP contribution in [0.4, 0.5) is 0 Å². The van der Waals surface area contributed by atoms with E-state index in [1.54, 1.807) is 32.4 Å². The van der Waals surface area contributed by atoms with Crippen LogP contribution in [0.2, 0.25) is 0 Å². The van der Waals surface area contributed by atoms with Crippen LogP contribution in [0.3, 0.4) is 0 Å². The summed E-state index contributed by atoms with van der Waals surface area (Å²) in [6.07, 6.45) is 2.70. The molecule has 0 bridgehead atoms. The third-order valence-electron chi connectivity index (χ3n) is 3.66. The molecule has 2 rings (SSSR count). The zero-order valence-corrected chi connectivity index (χ0v) is 14.8. The summed E-state index contributed by atoms with van der Waals surface area (Å²) in [5, 5.41) is 0. The maximum absolute atomic E-state index is 12.0. The summed E-state index contributed by atoms with van der Waals surface area (Å²) < 4.78 is 21.3. The van der Waals surface area contributed by atoms with E-state index in [2.05, 4.69) is 0 Å². The molecule has 0 N–H and O–H groups in total. The molecule has 0 aliphatic heterocycles. The Hall–Kier alpha value is -2.95. The average Bonchev–Trinajstić information content (AvgIpc) is 2.65. The third-order valence-corrected chi connectivity index (χ3v) is 3.66. The van der Waals surface area contributed by atoms with E-state index in [1.165, 1.54) is 13.2 Å². The summed E-state index contributed by atoms with van der Waals surface area (Å²) in [7, 11) is 4.62. The van der Waals surface area contributed by atoms with Gasteiger partial charge in [0.25, 0.3) is 0 Å². The van der Waals surface area contributed by atoms with Crippen LogP contribution in [0.25, 0.3) is 6.08 Å². The first-order valence-electron chi connectivity index (χ1n) is 7.82. The standard InChI is InChI=1S/C20H22O5/c1-14(16-8-6-5-7-9-16)25-19(21)11-10-15-12-17(22-2)20(24-4)18(13-15)23-3/h5-14H,1-4H3/b11-10+. The van der Waals surface area contributed by atoms with Gasteiger partial charge in [0.05, 0.1) is 21.3 Å². The largest absolute Gasteiger partial charge is 0.493 e. The van der Waals surface area contributed by atoms with Gasteiger partial charge in [0.1, 0.15) is 6.10 Å². The Morgan fingerprint density at radius 2 is 1.56 bits per heavy atom. The van der Waals surface area contributed by atoms with Gasteiger partial charge >= 0.3 is 5.97 Å². The van der Waals surface area contributed by atoms with Crippen molar-refractivity contribution in [1.29, 1.82) is 0 Å². The number of hydrogen-bond acceptors (Lipinski definition) is 5. The highest BCUT2D eigenvalue weighted by atomic mass is 16.5. The minimum atomic E-state index is -0.426. The summed E-state index contributed by atoms with van der Waals surface area (Å²) in [6.45, 7) is 1.83. The SMILES string of the molecule is COc1cc(/C=C/C(=O)OC(C)c2ccccc2)cc(OC)c1OC. The van der Waals surface area contributed by atoms with E-state index < -0.39 is 5.97 Å². The van der Waals surface area contributed by atoms with Gasteiger partial charge < -0.3 is 18.9 Å². The van der Waals surface area contributed by atoms with Gasteiger partial charge in [0.2, 0.25) is 5.75 Å². The highest BCUT2D eigenvalue weighted by molar-refractivity contribution is 5.87. The fourth-order valence-electron chi connectivity index (χ4n) is 2.37. The molecule has 132 valence electrons. The molecule has 0 radical (unpaired) electrons. The minimum absolute atomic E-state index is 0.321. The van der Waals surface area contributed by atoms with Gasteiger partial charge in [0, 0.05) is 6.08 Å². The van der Waals surface area contributed by atoms with E-state index in [-0.39, 0.29) is 6.10 Å². The van der Waals surface area contributed by atoms with Gasteiger partial charge in [-0.05, 0) is 36.3 Å². The maximum atomic E-state index is 12.0. The van der Waals surface area contributed by atoms with E-state index in [4.69, 9.17) is 18.9 Å². The summed E-state index contributed by atoms with van der Waals surface area (Å²) in [6, 6.07) is 13.1. The first-order chi connectivity index (χ1) is 12.1. The smallest absolute Gasteiger partial charge is 0.331 e. The molecule has 25 heavy (non-hydrogen) atoms. The first-order valence-corrected chi connectivity index (χ1v) is 7.82. The van der Waals surface area contributed by atoms with Crippen molar-refractivity contribution in [3.8, 4) is 17.2 Å². The predicted molar refractivity (Wildman–Crippen MR) is 96.1 cm³/mol. The van der Waals surface area contributed by atoms with Gasteiger partial charge in [-0.25, -0.2) is 4.79 Å². The van der Waals surface area contributed by atoms with Crippen molar-refractivity contribution in [1.82, 2.24) is 0 Å². The second-order valence-corrected chi connectivity index (χ2v) is 5.28. The molecule has 1 unspecified atom stereocenters. The Morgan fingerprint density at radius 1 is 0.960 bits per heavy atom. The van der Waals surface area contributed by atoms with Crippen LogP contribution in [-0.4, -0.2) is 27.3 Å². The Balaban J connectivity index is 2.11. The van der Waals surface area contributed by atoms with Crippen LogP contribution in [0.15, 0.2) is 48.5 Å². The van der Waals surface area contributed by atoms with Crippen molar-refractivity contribution >= 4 is 12.0 Å². The van der Waals surface area contributed by atoms with Crippen LogP contribution < -0.4 is 14.2 Å². The minimum Gasteiger partial charge on any atom is -0.493 e. The van der Waals surface area contributed by atoms with Gasteiger partial charge in [-0.3, -0.25) is 0 Å². The van der Waals surface area contributed by atoms with Crippen molar-refractivity contribution < 1.29 is 23.7 Å². The highest BCUT2D eigenvalue weighted by Gasteiger charge is 2.13. The van der Waals surface area contributed by atoms with E-state index in [0.717, 1.165) is 11.1 Å². The number of rotatable bonds is 7. The van der Waals surface area contributed by atoms with Crippen LogP contribution in [0.1, 0.15) is 24.2 Å². The van der Waals surface area contributed by atoms with Gasteiger partial charge in [0.15, 0.2) is 11.5 Å². The van der Waals surface area contributed by atoms with Crippen LogP contribution in [0.5, 0.6) is 17.2 Å². The number of carbonyl (C=O) groups excluding carboxylic acids is 1. The Bertz CT molecular complexity index is 712. The lowest BCUT2D eigenvalue weighted by atomic mass is 10.1. The van der Waals surface area contributed by atoms with Gasteiger partial charge in [-0.2, -0.15) is 0 Å². The predicted octanol–water partition coefficient (Wildman–Crippen LogP) is 4.03. The first kappa shape index (κ1) is 18.4. The van der Waals surface area contributed by atoms with Crippen LogP contribution >= 0.6 is 0 Å². The molecule has 0 amide bonds. The second kappa shape index (κ2) is 8.78. The molecule has 0 spiro atoms. The molecule has 1 atom stereocenters. The molecule has 0 heterocycles. The average molecular weight is 342 g/mol. The molecule has 2 aromatic rings. The molecular formula is C20H22O5. The normalized spacial score (nSPS) is 11.8. The van der Waals surface area contributed by atoms with E-state index >= 15 is 0 Å². The molecule has 5 heteroatoms. The molecular weight excluding hydrogens is 320 g/mol. The Labute approximate surface area is 147 Å². The van der Waals surface area contributed by atoms with E-state index in [1.807, 2.05) is 37.3 Å². The molecule has 0 aromatic heterocycles. The second-order valence-electron chi connectivity index (χ2n) is 5.28. The molecule has 0 saturated carbocycles. The van der Waals surface area contributed by atoms with Crippen molar-refractivity contribution in [2.45, 2.75) is 13.0 Å². The maximum Gasteiger partial charge on any atom is 0.331 e. The lowest BCUT2D eigenvalue weighted by Gasteiger charge is -2.13. The number of carbonyl (C=O) groups is 1. The molecule has 5 nitrogen and oxygen atoms in total. The van der Waals surface area contributed by atoms with Crippen molar-refractivity contribution in [3.63, 3.8) is 0 Å². The fraction of sp³-hybridized carbons (Fsp3) is 0.250. The fourth-order valence-corrected chi connectivity index (χ4v) is 2.37. The van der Waals surface area contributed by atoms with E-state index in [9.17, 15) is 4.79 Å². The van der Waals surface area contributed by atoms with Crippen LogP contribution in [-0.2, 0) is 9.53 Å². The zero-order valence-electron chi connectivity index (χ0n) is 14.8. The third kappa shape index (κ3) is 4.76. The Kier molecular flexibility index (Phi) is 6.46. The molecule has 0 aliphatic carbocycles. The monoisotopic (exact) mass is 342 g/mol. The highest BCUT2D eigenvalue weighted by Crippen LogP contribution is 2.38. The van der Waals surface area contributed by atoms with E-state index in [0.29, 0.717) is 17.2 Å². The lowest BCUT2D eigenvalue weighted by molar-refractivity contribution is -0.142. The molecule has 2 aromatic carbocycles.